The van der Waals surface area contributed by atoms with Crippen LogP contribution in [0.3, 0.4) is 0 Å². The molecule has 1 heterocycles. The SMILES string of the molecule is CC(NC(=O)Cn1ccc(N)n1)c1cccc(F)c1. The van der Waals surface area contributed by atoms with E-state index in [1.54, 1.807) is 31.3 Å². The number of nitrogen functional groups attached to an aromatic ring is 1. The lowest BCUT2D eigenvalue weighted by molar-refractivity contribution is -0.122. The molecule has 0 bridgehead atoms. The molecule has 0 saturated heterocycles. The molecule has 0 radical (unpaired) electrons. The third-order valence-electron chi connectivity index (χ3n) is 2.69. The van der Waals surface area contributed by atoms with Crippen LogP contribution in [0.4, 0.5) is 10.2 Å². The molecule has 0 fully saturated rings. The van der Waals surface area contributed by atoms with Gasteiger partial charge in [-0.2, -0.15) is 5.10 Å². The number of hydrogen-bond donors (Lipinski definition) is 2. The van der Waals surface area contributed by atoms with Gasteiger partial charge in [-0.3, -0.25) is 9.48 Å². The molecule has 1 atom stereocenters. The number of hydrogen-bond acceptors (Lipinski definition) is 3. The predicted octanol–water partition coefficient (Wildman–Crippen LogP) is 1.48. The van der Waals surface area contributed by atoms with Crippen molar-refractivity contribution in [2.75, 3.05) is 5.73 Å². The first-order valence-electron chi connectivity index (χ1n) is 5.88. The summed E-state index contributed by atoms with van der Waals surface area (Å²) in [5.74, 6) is -0.163. The predicted molar refractivity (Wildman–Crippen MR) is 69.6 cm³/mol. The van der Waals surface area contributed by atoms with Crippen molar-refractivity contribution in [2.24, 2.45) is 0 Å². The second kappa shape index (κ2) is 5.51. The van der Waals surface area contributed by atoms with E-state index in [2.05, 4.69) is 10.4 Å². The lowest BCUT2D eigenvalue weighted by atomic mass is 10.1. The summed E-state index contributed by atoms with van der Waals surface area (Å²) in [6.45, 7) is 1.88. The zero-order chi connectivity index (χ0) is 13.8. The van der Waals surface area contributed by atoms with E-state index in [9.17, 15) is 9.18 Å². The van der Waals surface area contributed by atoms with Gasteiger partial charge < -0.3 is 11.1 Å². The number of benzene rings is 1. The number of carbonyl (C=O) groups is 1. The summed E-state index contributed by atoms with van der Waals surface area (Å²) < 4.78 is 14.5. The number of amides is 1. The Kier molecular flexibility index (Phi) is 3.79. The number of carbonyl (C=O) groups excluding carboxylic acids is 1. The first kappa shape index (κ1) is 13.1. The minimum atomic E-state index is -0.321. The maximum absolute atomic E-state index is 13.1. The van der Waals surface area contributed by atoms with Gasteiger partial charge in [0, 0.05) is 6.20 Å². The van der Waals surface area contributed by atoms with Gasteiger partial charge >= 0.3 is 0 Å². The number of halogens is 1. The number of nitrogens with zero attached hydrogens (tertiary/aromatic N) is 2. The fourth-order valence-electron chi connectivity index (χ4n) is 1.76. The van der Waals surface area contributed by atoms with E-state index in [0.717, 1.165) is 0 Å². The number of nitrogens with two attached hydrogens (primary N) is 1. The molecule has 1 amide bonds. The molecular weight excluding hydrogens is 247 g/mol. The number of aromatic nitrogens is 2. The van der Waals surface area contributed by atoms with Gasteiger partial charge in [-0.25, -0.2) is 4.39 Å². The van der Waals surface area contributed by atoms with Crippen molar-refractivity contribution in [2.45, 2.75) is 19.5 Å². The molecule has 100 valence electrons. The minimum absolute atomic E-state index is 0.0802. The Morgan fingerprint density at radius 3 is 2.95 bits per heavy atom. The lowest BCUT2D eigenvalue weighted by Crippen LogP contribution is -2.30. The van der Waals surface area contributed by atoms with Crippen molar-refractivity contribution >= 4 is 11.7 Å². The largest absolute Gasteiger partial charge is 0.382 e. The van der Waals surface area contributed by atoms with Crippen LogP contribution in [0.25, 0.3) is 0 Å². The van der Waals surface area contributed by atoms with E-state index < -0.39 is 0 Å². The third-order valence-corrected chi connectivity index (χ3v) is 2.69. The summed E-state index contributed by atoms with van der Waals surface area (Å²) in [5, 5.41) is 6.69. The molecule has 1 unspecified atom stereocenters. The van der Waals surface area contributed by atoms with E-state index in [0.29, 0.717) is 11.4 Å². The van der Waals surface area contributed by atoms with Gasteiger partial charge in [0.2, 0.25) is 5.91 Å². The first-order valence-corrected chi connectivity index (χ1v) is 5.88. The van der Waals surface area contributed by atoms with Crippen molar-refractivity contribution < 1.29 is 9.18 Å². The van der Waals surface area contributed by atoms with Crippen LogP contribution in [0.1, 0.15) is 18.5 Å². The van der Waals surface area contributed by atoms with Gasteiger partial charge in [-0.15, -0.1) is 0 Å². The monoisotopic (exact) mass is 262 g/mol. The summed E-state index contributed by atoms with van der Waals surface area (Å²) in [6, 6.07) is 7.49. The number of nitrogens with one attached hydrogen (secondary N) is 1. The van der Waals surface area contributed by atoms with Crippen LogP contribution in [0.15, 0.2) is 36.5 Å². The maximum atomic E-state index is 13.1. The van der Waals surface area contributed by atoms with Crippen molar-refractivity contribution in [1.82, 2.24) is 15.1 Å². The van der Waals surface area contributed by atoms with Crippen molar-refractivity contribution in [1.29, 1.82) is 0 Å². The molecule has 5 nitrogen and oxygen atoms in total. The minimum Gasteiger partial charge on any atom is -0.382 e. The van der Waals surface area contributed by atoms with Gasteiger partial charge in [0.1, 0.15) is 18.2 Å². The Bertz CT molecular complexity index is 582. The highest BCUT2D eigenvalue weighted by atomic mass is 19.1. The van der Waals surface area contributed by atoms with Crippen LogP contribution in [0.2, 0.25) is 0 Å². The van der Waals surface area contributed by atoms with E-state index in [1.807, 2.05) is 0 Å². The first-order chi connectivity index (χ1) is 9.04. The molecule has 3 N–H and O–H groups in total. The van der Waals surface area contributed by atoms with Crippen molar-refractivity contribution in [3.05, 3.63) is 47.9 Å². The highest BCUT2D eigenvalue weighted by Gasteiger charge is 2.10. The topological polar surface area (TPSA) is 72.9 Å². The smallest absolute Gasteiger partial charge is 0.242 e. The maximum Gasteiger partial charge on any atom is 0.242 e. The van der Waals surface area contributed by atoms with Gasteiger partial charge in [-0.05, 0) is 30.7 Å². The van der Waals surface area contributed by atoms with Crippen LogP contribution < -0.4 is 11.1 Å². The second-order valence-corrected chi connectivity index (χ2v) is 4.28. The van der Waals surface area contributed by atoms with Crippen LogP contribution in [-0.4, -0.2) is 15.7 Å². The average Bonchev–Trinajstić information content (AvgIpc) is 2.74. The number of anilines is 1. The fraction of sp³-hybridized carbons (Fsp3) is 0.231. The summed E-state index contributed by atoms with van der Waals surface area (Å²) in [7, 11) is 0. The Balaban J connectivity index is 1.95. The molecule has 2 rings (SSSR count). The standard InChI is InChI=1S/C13H15FN4O/c1-9(10-3-2-4-11(14)7-10)16-13(19)8-18-6-5-12(15)17-18/h2-7,9H,8H2,1H3,(H2,15,17)(H,16,19). The van der Waals surface area contributed by atoms with E-state index in [-0.39, 0.29) is 24.3 Å². The van der Waals surface area contributed by atoms with E-state index in [4.69, 9.17) is 5.73 Å². The number of rotatable bonds is 4. The summed E-state index contributed by atoms with van der Waals surface area (Å²) >= 11 is 0. The molecule has 19 heavy (non-hydrogen) atoms. The highest BCUT2D eigenvalue weighted by molar-refractivity contribution is 5.76. The molecule has 0 aliphatic heterocycles. The quantitative estimate of drug-likeness (QED) is 0.876. The molecule has 0 spiro atoms. The van der Waals surface area contributed by atoms with Crippen LogP contribution in [-0.2, 0) is 11.3 Å². The normalized spacial score (nSPS) is 12.1. The molecule has 0 saturated carbocycles. The molecule has 2 aromatic rings. The van der Waals surface area contributed by atoms with Gasteiger partial charge in [0.25, 0.3) is 0 Å². The van der Waals surface area contributed by atoms with Gasteiger partial charge in [0.15, 0.2) is 0 Å². The van der Waals surface area contributed by atoms with Gasteiger partial charge in [-0.1, -0.05) is 12.1 Å². The zero-order valence-electron chi connectivity index (χ0n) is 10.5. The Hall–Kier alpha value is -2.37. The third kappa shape index (κ3) is 3.54. The molecule has 0 aliphatic rings. The molecule has 0 aliphatic carbocycles. The van der Waals surface area contributed by atoms with E-state index in [1.165, 1.54) is 16.8 Å². The van der Waals surface area contributed by atoms with E-state index >= 15 is 0 Å². The molecule has 6 heteroatoms. The Morgan fingerprint density at radius 2 is 2.32 bits per heavy atom. The zero-order valence-corrected chi connectivity index (χ0v) is 10.5. The summed E-state index contributed by atoms with van der Waals surface area (Å²) in [6.07, 6.45) is 1.63. The summed E-state index contributed by atoms with van der Waals surface area (Å²) in [4.78, 5) is 11.8. The van der Waals surface area contributed by atoms with Crippen LogP contribution in [0.5, 0.6) is 0 Å². The van der Waals surface area contributed by atoms with Crippen molar-refractivity contribution in [3.8, 4) is 0 Å². The second-order valence-electron chi connectivity index (χ2n) is 4.28. The Labute approximate surface area is 110 Å². The van der Waals surface area contributed by atoms with Gasteiger partial charge in [0.05, 0.1) is 6.04 Å². The fourth-order valence-corrected chi connectivity index (χ4v) is 1.76. The molecule has 1 aromatic carbocycles. The average molecular weight is 262 g/mol. The lowest BCUT2D eigenvalue weighted by Gasteiger charge is -2.14. The van der Waals surface area contributed by atoms with Crippen LogP contribution in [0, 0.1) is 5.82 Å². The Morgan fingerprint density at radius 1 is 1.53 bits per heavy atom. The molecular formula is C13H15FN4O. The highest BCUT2D eigenvalue weighted by Crippen LogP contribution is 2.13. The summed E-state index contributed by atoms with van der Waals surface area (Å²) in [5.41, 5.74) is 6.17. The van der Waals surface area contributed by atoms with Crippen LogP contribution >= 0.6 is 0 Å². The molecule has 1 aromatic heterocycles. The van der Waals surface area contributed by atoms with Crippen molar-refractivity contribution in [3.63, 3.8) is 0 Å².